The van der Waals surface area contributed by atoms with Gasteiger partial charge in [0.15, 0.2) is 0 Å². The van der Waals surface area contributed by atoms with Crippen molar-refractivity contribution in [3.8, 4) is 0 Å². The van der Waals surface area contributed by atoms with Crippen molar-refractivity contribution in [1.29, 1.82) is 0 Å². The second-order valence-corrected chi connectivity index (χ2v) is 3.85. The minimum Gasteiger partial charge on any atom is -0.303 e. The highest BCUT2D eigenvalue weighted by atomic mass is 15.3. The van der Waals surface area contributed by atoms with Crippen LogP contribution in [0.15, 0.2) is 12.5 Å². The average Bonchev–Trinajstić information content (AvgIpc) is 2.89. The van der Waals surface area contributed by atoms with Gasteiger partial charge in [-0.05, 0) is 13.8 Å². The van der Waals surface area contributed by atoms with E-state index in [4.69, 9.17) is 0 Å². The van der Waals surface area contributed by atoms with E-state index in [1.165, 1.54) is 17.6 Å². The number of hydrogen-bond acceptors (Lipinski definition) is 4. The molecule has 0 aliphatic heterocycles. The summed E-state index contributed by atoms with van der Waals surface area (Å²) in [4.78, 5) is 4.11. The zero-order valence-electron chi connectivity index (χ0n) is 9.73. The Bertz CT molecular complexity index is 444. The number of aromatic amines is 1. The lowest BCUT2D eigenvalue weighted by Crippen LogP contribution is -2.19. The number of hydrogen-bond donors (Lipinski definition) is 2. The molecule has 0 aliphatic carbocycles. The van der Waals surface area contributed by atoms with Crippen LogP contribution in [0.5, 0.6) is 0 Å². The van der Waals surface area contributed by atoms with Crippen molar-refractivity contribution >= 4 is 0 Å². The van der Waals surface area contributed by atoms with E-state index in [1.807, 2.05) is 24.9 Å². The lowest BCUT2D eigenvalue weighted by molar-refractivity contribution is 0.546. The van der Waals surface area contributed by atoms with E-state index in [-0.39, 0.29) is 6.04 Å². The summed E-state index contributed by atoms with van der Waals surface area (Å²) in [6.07, 6.45) is 3.40. The van der Waals surface area contributed by atoms with E-state index in [9.17, 15) is 0 Å². The minimum absolute atomic E-state index is 0.155. The van der Waals surface area contributed by atoms with Crippen LogP contribution in [0.2, 0.25) is 0 Å². The molecule has 0 spiro atoms. The van der Waals surface area contributed by atoms with Crippen molar-refractivity contribution < 1.29 is 0 Å². The Morgan fingerprint density at radius 3 is 2.94 bits per heavy atom. The first-order chi connectivity index (χ1) is 7.68. The first kappa shape index (κ1) is 10.8. The van der Waals surface area contributed by atoms with Crippen molar-refractivity contribution in [3.63, 3.8) is 0 Å². The summed E-state index contributed by atoms with van der Waals surface area (Å²) in [6, 6.07) is 0.155. The smallest absolute Gasteiger partial charge is 0.141 e. The van der Waals surface area contributed by atoms with Gasteiger partial charge in [0.1, 0.15) is 12.2 Å². The highest BCUT2D eigenvalue weighted by Gasteiger charge is 2.09. The van der Waals surface area contributed by atoms with E-state index in [0.29, 0.717) is 0 Å². The van der Waals surface area contributed by atoms with Crippen molar-refractivity contribution in [2.24, 2.45) is 7.05 Å². The fraction of sp³-hybridized carbons (Fsp3) is 0.500. The van der Waals surface area contributed by atoms with Crippen LogP contribution < -0.4 is 5.32 Å². The van der Waals surface area contributed by atoms with Gasteiger partial charge in [0.25, 0.3) is 0 Å². The molecule has 0 aromatic carbocycles. The summed E-state index contributed by atoms with van der Waals surface area (Å²) in [7, 11) is 1.94. The van der Waals surface area contributed by atoms with Gasteiger partial charge in [0, 0.05) is 24.8 Å². The Labute approximate surface area is 94.1 Å². The van der Waals surface area contributed by atoms with Crippen LogP contribution in [-0.2, 0) is 13.6 Å². The standard InChI is InChI=1S/C10H16N6/c1-7(10-12-6-13-15-10)11-4-9-5-14-16(3)8(9)2/h5-7,11H,4H2,1-3H3,(H,12,13,15). The van der Waals surface area contributed by atoms with Crippen LogP contribution in [0.3, 0.4) is 0 Å². The van der Waals surface area contributed by atoms with Crippen molar-refractivity contribution in [2.75, 3.05) is 0 Å². The molecule has 2 aromatic heterocycles. The zero-order chi connectivity index (χ0) is 11.5. The molecule has 2 rings (SSSR count). The molecule has 0 fully saturated rings. The molecular weight excluding hydrogens is 204 g/mol. The molecule has 0 amide bonds. The lowest BCUT2D eigenvalue weighted by atomic mass is 10.2. The Balaban J connectivity index is 1.95. The third-order valence-corrected chi connectivity index (χ3v) is 2.78. The molecule has 0 saturated carbocycles. The van der Waals surface area contributed by atoms with E-state index < -0.39 is 0 Å². The number of H-pyrrole nitrogens is 1. The molecule has 0 aliphatic rings. The topological polar surface area (TPSA) is 71.4 Å². The molecule has 16 heavy (non-hydrogen) atoms. The Kier molecular flexibility index (Phi) is 3.00. The summed E-state index contributed by atoms with van der Waals surface area (Å²) < 4.78 is 1.87. The van der Waals surface area contributed by atoms with Crippen molar-refractivity contribution in [1.82, 2.24) is 30.3 Å². The molecule has 0 bridgehead atoms. The molecule has 2 aromatic rings. The largest absolute Gasteiger partial charge is 0.303 e. The normalized spacial score (nSPS) is 12.9. The Morgan fingerprint density at radius 2 is 2.38 bits per heavy atom. The summed E-state index contributed by atoms with van der Waals surface area (Å²) in [6.45, 7) is 4.89. The van der Waals surface area contributed by atoms with Crippen molar-refractivity contribution in [3.05, 3.63) is 29.6 Å². The third-order valence-electron chi connectivity index (χ3n) is 2.78. The van der Waals surface area contributed by atoms with Gasteiger partial charge in [-0.15, -0.1) is 0 Å². The molecular formula is C10H16N6. The first-order valence-electron chi connectivity index (χ1n) is 5.24. The van der Waals surface area contributed by atoms with Gasteiger partial charge in [0.05, 0.1) is 12.2 Å². The second-order valence-electron chi connectivity index (χ2n) is 3.85. The lowest BCUT2D eigenvalue weighted by Gasteiger charge is -2.10. The zero-order valence-corrected chi connectivity index (χ0v) is 9.73. The van der Waals surface area contributed by atoms with Gasteiger partial charge < -0.3 is 5.32 Å². The van der Waals surface area contributed by atoms with Gasteiger partial charge in [-0.3, -0.25) is 9.78 Å². The number of aromatic nitrogens is 5. The van der Waals surface area contributed by atoms with Gasteiger partial charge >= 0.3 is 0 Å². The highest BCUT2D eigenvalue weighted by Crippen LogP contribution is 2.09. The van der Waals surface area contributed by atoms with Crippen LogP contribution in [0, 0.1) is 6.92 Å². The molecule has 6 nitrogen and oxygen atoms in total. The van der Waals surface area contributed by atoms with E-state index >= 15 is 0 Å². The fourth-order valence-electron chi connectivity index (χ4n) is 1.50. The number of nitrogens with one attached hydrogen (secondary N) is 2. The van der Waals surface area contributed by atoms with Gasteiger partial charge in [-0.25, -0.2) is 4.98 Å². The van der Waals surface area contributed by atoms with E-state index in [0.717, 1.165) is 12.4 Å². The SMILES string of the molecule is Cc1c(CNC(C)c2ncn[nH]2)cnn1C. The predicted octanol–water partition coefficient (Wildman–Crippen LogP) is 0.697. The molecule has 6 heteroatoms. The first-order valence-corrected chi connectivity index (χ1v) is 5.24. The van der Waals surface area contributed by atoms with Gasteiger partial charge in [0.2, 0.25) is 0 Å². The number of rotatable bonds is 4. The quantitative estimate of drug-likeness (QED) is 0.795. The summed E-state index contributed by atoms with van der Waals surface area (Å²) in [5.41, 5.74) is 2.38. The van der Waals surface area contributed by atoms with Crippen molar-refractivity contribution in [2.45, 2.75) is 26.4 Å². The van der Waals surface area contributed by atoms with Gasteiger partial charge in [-0.2, -0.15) is 10.2 Å². The van der Waals surface area contributed by atoms with E-state index in [1.54, 1.807) is 0 Å². The Morgan fingerprint density at radius 1 is 1.56 bits per heavy atom. The molecule has 86 valence electrons. The van der Waals surface area contributed by atoms with Crippen LogP contribution >= 0.6 is 0 Å². The summed E-state index contributed by atoms with van der Waals surface area (Å²) >= 11 is 0. The molecule has 0 saturated heterocycles. The monoisotopic (exact) mass is 220 g/mol. The average molecular weight is 220 g/mol. The third kappa shape index (κ3) is 2.11. The van der Waals surface area contributed by atoms with Crippen LogP contribution in [0.4, 0.5) is 0 Å². The van der Waals surface area contributed by atoms with E-state index in [2.05, 4.69) is 32.5 Å². The summed E-state index contributed by atoms with van der Waals surface area (Å²) in [5.74, 6) is 0.849. The fourth-order valence-corrected chi connectivity index (χ4v) is 1.50. The van der Waals surface area contributed by atoms with Crippen LogP contribution in [0.1, 0.15) is 30.0 Å². The predicted molar refractivity (Wildman–Crippen MR) is 59.6 cm³/mol. The molecule has 0 radical (unpaired) electrons. The number of aryl methyl sites for hydroxylation is 1. The highest BCUT2D eigenvalue weighted by molar-refractivity contribution is 5.15. The molecule has 2 heterocycles. The maximum atomic E-state index is 4.20. The Hall–Kier alpha value is -1.69. The minimum atomic E-state index is 0.155. The van der Waals surface area contributed by atoms with Gasteiger partial charge in [-0.1, -0.05) is 0 Å². The molecule has 2 N–H and O–H groups in total. The van der Waals surface area contributed by atoms with Crippen LogP contribution in [-0.4, -0.2) is 25.0 Å². The number of nitrogens with zero attached hydrogens (tertiary/aromatic N) is 4. The maximum Gasteiger partial charge on any atom is 0.141 e. The maximum absolute atomic E-state index is 4.20. The summed E-state index contributed by atoms with van der Waals surface area (Å²) in [5, 5.41) is 14.2. The second kappa shape index (κ2) is 4.44. The van der Waals surface area contributed by atoms with Crippen LogP contribution in [0.25, 0.3) is 0 Å². The molecule has 1 unspecified atom stereocenters. The molecule has 1 atom stereocenters.